The van der Waals surface area contributed by atoms with E-state index in [0.29, 0.717) is 5.95 Å². The highest BCUT2D eigenvalue weighted by Gasteiger charge is 2.19. The third-order valence-corrected chi connectivity index (χ3v) is 2.98. The van der Waals surface area contributed by atoms with Crippen molar-refractivity contribution in [2.24, 2.45) is 0 Å². The normalized spacial score (nSPS) is 15.4. The van der Waals surface area contributed by atoms with Crippen LogP contribution in [0.25, 0.3) is 0 Å². The fourth-order valence-corrected chi connectivity index (χ4v) is 2.18. The highest BCUT2D eigenvalue weighted by molar-refractivity contribution is 5.58. The van der Waals surface area contributed by atoms with Gasteiger partial charge in [0.2, 0.25) is 11.9 Å². The number of rotatable bonds is 1. The minimum Gasteiger partial charge on any atom is -0.366 e. The van der Waals surface area contributed by atoms with Gasteiger partial charge in [0.15, 0.2) is 0 Å². The van der Waals surface area contributed by atoms with E-state index in [-0.39, 0.29) is 0 Å². The van der Waals surface area contributed by atoms with Gasteiger partial charge in [-0.15, -0.1) is 5.10 Å². The maximum absolute atomic E-state index is 5.68. The largest absolute Gasteiger partial charge is 0.366 e. The molecule has 0 atom stereocenters. The molecule has 0 amide bonds. The van der Waals surface area contributed by atoms with Crippen molar-refractivity contribution in [3.63, 3.8) is 0 Å². The van der Waals surface area contributed by atoms with Crippen LogP contribution in [0.1, 0.15) is 12.8 Å². The maximum Gasteiger partial charge on any atom is 0.241 e. The minimum atomic E-state index is 0.350. The number of nitrogens with two attached hydrogens (primary N) is 1. The molecule has 88 valence electrons. The summed E-state index contributed by atoms with van der Waals surface area (Å²) in [6.45, 7) is 1.85. The van der Waals surface area contributed by atoms with Crippen molar-refractivity contribution in [1.82, 2.24) is 14.8 Å². The predicted molar refractivity (Wildman–Crippen MR) is 67.1 cm³/mol. The van der Waals surface area contributed by atoms with Gasteiger partial charge in [0.25, 0.3) is 0 Å². The summed E-state index contributed by atoms with van der Waals surface area (Å²) in [7, 11) is 0. The Kier molecular flexibility index (Phi) is 2.44. The molecule has 1 aliphatic heterocycles. The number of anilines is 3. The number of hydrogen-bond acceptors (Lipinski definition) is 4. The van der Waals surface area contributed by atoms with Crippen molar-refractivity contribution in [1.29, 1.82) is 0 Å². The first-order valence-corrected chi connectivity index (χ1v) is 5.87. The third-order valence-electron chi connectivity index (χ3n) is 2.98. The molecule has 1 aliphatic rings. The first-order valence-electron chi connectivity index (χ1n) is 5.87. The van der Waals surface area contributed by atoms with Crippen molar-refractivity contribution >= 4 is 17.6 Å². The number of aryl methyl sites for hydroxylation is 1. The van der Waals surface area contributed by atoms with Crippen molar-refractivity contribution in [2.45, 2.75) is 19.4 Å². The Balaban J connectivity index is 2.05. The Morgan fingerprint density at radius 2 is 1.82 bits per heavy atom. The molecule has 2 aromatic rings. The first-order chi connectivity index (χ1) is 8.34. The zero-order chi connectivity index (χ0) is 11.7. The van der Waals surface area contributed by atoms with Crippen LogP contribution >= 0.6 is 0 Å². The minimum absolute atomic E-state index is 0.350. The van der Waals surface area contributed by atoms with E-state index in [0.717, 1.165) is 37.6 Å². The summed E-state index contributed by atoms with van der Waals surface area (Å²) in [5.74, 6) is 1.20. The summed E-state index contributed by atoms with van der Waals surface area (Å²) < 4.78 is 1.90. The SMILES string of the molecule is Nc1nc2n(n1)CCCCN2c1ccccc1. The highest BCUT2D eigenvalue weighted by Crippen LogP contribution is 2.26. The number of hydrogen-bond donors (Lipinski definition) is 1. The molecular weight excluding hydrogens is 214 g/mol. The van der Waals surface area contributed by atoms with Crippen LogP contribution in [0.15, 0.2) is 30.3 Å². The summed E-state index contributed by atoms with van der Waals surface area (Å²) in [6.07, 6.45) is 2.25. The molecule has 2 heterocycles. The number of benzene rings is 1. The average Bonchev–Trinajstić information content (AvgIpc) is 2.61. The number of fused-ring (bicyclic) bond motifs is 1. The summed E-state index contributed by atoms with van der Waals surface area (Å²) in [6, 6.07) is 10.2. The van der Waals surface area contributed by atoms with Gasteiger partial charge in [0.05, 0.1) is 0 Å². The first kappa shape index (κ1) is 10.1. The monoisotopic (exact) mass is 229 g/mol. The van der Waals surface area contributed by atoms with Crippen LogP contribution in [0, 0.1) is 0 Å². The topological polar surface area (TPSA) is 60.0 Å². The molecule has 3 rings (SSSR count). The van der Waals surface area contributed by atoms with Gasteiger partial charge in [-0.3, -0.25) is 0 Å². The van der Waals surface area contributed by atoms with Gasteiger partial charge in [-0.1, -0.05) is 18.2 Å². The standard InChI is InChI=1S/C12H15N5/c13-11-14-12-16(10-6-2-1-3-7-10)8-4-5-9-17(12)15-11/h1-3,6-7H,4-5,8-9H2,(H2,13,15). The maximum atomic E-state index is 5.68. The molecule has 1 aromatic heterocycles. The molecule has 0 aliphatic carbocycles. The molecule has 0 bridgehead atoms. The molecule has 0 saturated heterocycles. The number of para-hydroxylation sites is 1. The van der Waals surface area contributed by atoms with E-state index < -0.39 is 0 Å². The van der Waals surface area contributed by atoms with Crippen LogP contribution in [0.3, 0.4) is 0 Å². The summed E-state index contributed by atoms with van der Waals surface area (Å²) in [5, 5.41) is 4.23. The van der Waals surface area contributed by atoms with Crippen LogP contribution in [0.2, 0.25) is 0 Å². The summed E-state index contributed by atoms with van der Waals surface area (Å²) in [5.41, 5.74) is 6.82. The molecule has 0 unspecified atom stereocenters. The van der Waals surface area contributed by atoms with E-state index in [4.69, 9.17) is 5.73 Å². The molecular formula is C12H15N5. The van der Waals surface area contributed by atoms with E-state index >= 15 is 0 Å². The fourth-order valence-electron chi connectivity index (χ4n) is 2.18. The Hall–Kier alpha value is -2.04. The van der Waals surface area contributed by atoms with E-state index in [1.807, 2.05) is 22.9 Å². The van der Waals surface area contributed by atoms with Gasteiger partial charge in [0.1, 0.15) is 0 Å². The molecule has 0 fully saturated rings. The van der Waals surface area contributed by atoms with Crippen LogP contribution in [0.4, 0.5) is 17.6 Å². The number of nitrogens with zero attached hydrogens (tertiary/aromatic N) is 4. The van der Waals surface area contributed by atoms with Gasteiger partial charge in [-0.05, 0) is 25.0 Å². The van der Waals surface area contributed by atoms with Crippen molar-refractivity contribution in [3.05, 3.63) is 30.3 Å². The summed E-state index contributed by atoms with van der Waals surface area (Å²) >= 11 is 0. The van der Waals surface area contributed by atoms with Crippen molar-refractivity contribution in [2.75, 3.05) is 17.2 Å². The zero-order valence-corrected chi connectivity index (χ0v) is 9.58. The van der Waals surface area contributed by atoms with E-state index in [1.54, 1.807) is 0 Å². The second-order valence-corrected chi connectivity index (χ2v) is 4.19. The fraction of sp³-hybridized carbons (Fsp3) is 0.333. The van der Waals surface area contributed by atoms with E-state index in [2.05, 4.69) is 27.1 Å². The quantitative estimate of drug-likeness (QED) is 0.810. The molecule has 0 saturated carbocycles. The molecule has 5 heteroatoms. The number of aromatic nitrogens is 3. The van der Waals surface area contributed by atoms with Crippen LogP contribution < -0.4 is 10.6 Å². The van der Waals surface area contributed by atoms with Crippen molar-refractivity contribution in [3.8, 4) is 0 Å². The third kappa shape index (κ3) is 1.84. The van der Waals surface area contributed by atoms with Gasteiger partial charge >= 0.3 is 0 Å². The Bertz CT molecular complexity index is 505. The van der Waals surface area contributed by atoms with E-state index in [9.17, 15) is 0 Å². The smallest absolute Gasteiger partial charge is 0.241 e. The van der Waals surface area contributed by atoms with Gasteiger partial charge in [-0.2, -0.15) is 4.98 Å². The Morgan fingerprint density at radius 1 is 1.06 bits per heavy atom. The molecule has 5 nitrogen and oxygen atoms in total. The second kappa shape index (κ2) is 4.08. The summed E-state index contributed by atoms with van der Waals surface area (Å²) in [4.78, 5) is 6.50. The molecule has 0 radical (unpaired) electrons. The molecule has 1 aromatic carbocycles. The Labute approximate surface area is 99.9 Å². The second-order valence-electron chi connectivity index (χ2n) is 4.19. The van der Waals surface area contributed by atoms with E-state index in [1.165, 1.54) is 0 Å². The lowest BCUT2D eigenvalue weighted by Crippen LogP contribution is -2.19. The average molecular weight is 229 g/mol. The van der Waals surface area contributed by atoms with Crippen molar-refractivity contribution < 1.29 is 0 Å². The molecule has 17 heavy (non-hydrogen) atoms. The molecule has 2 N–H and O–H groups in total. The highest BCUT2D eigenvalue weighted by atomic mass is 15.5. The van der Waals surface area contributed by atoms with Gasteiger partial charge in [-0.25, -0.2) is 4.68 Å². The lowest BCUT2D eigenvalue weighted by atomic mass is 10.2. The zero-order valence-electron chi connectivity index (χ0n) is 9.58. The van der Waals surface area contributed by atoms with Gasteiger partial charge < -0.3 is 10.6 Å². The molecule has 0 spiro atoms. The predicted octanol–water partition coefficient (Wildman–Crippen LogP) is 1.79. The lowest BCUT2D eigenvalue weighted by Gasteiger charge is -2.20. The van der Waals surface area contributed by atoms with Gasteiger partial charge in [0, 0.05) is 18.8 Å². The van der Waals surface area contributed by atoms with Crippen LogP contribution in [-0.4, -0.2) is 21.3 Å². The Morgan fingerprint density at radius 3 is 2.65 bits per heavy atom. The van der Waals surface area contributed by atoms with Crippen LogP contribution in [0.5, 0.6) is 0 Å². The van der Waals surface area contributed by atoms with Crippen LogP contribution in [-0.2, 0) is 6.54 Å². The number of nitrogen functional groups attached to an aromatic ring is 1. The lowest BCUT2D eigenvalue weighted by molar-refractivity contribution is 0.595.